The highest BCUT2D eigenvalue weighted by atomic mass is 16.3. The van der Waals surface area contributed by atoms with Crippen molar-refractivity contribution < 1.29 is 9.90 Å². The predicted octanol–water partition coefficient (Wildman–Crippen LogP) is 1.06. The van der Waals surface area contributed by atoms with Gasteiger partial charge < -0.3 is 15.7 Å². The van der Waals surface area contributed by atoms with Crippen LogP contribution >= 0.6 is 0 Å². The van der Waals surface area contributed by atoms with E-state index in [1.807, 2.05) is 35.0 Å². The SMILES string of the molecule is O=C(NCC1CNCC1O)c1cnn(-c2ccccc2)c1C1CC1. The van der Waals surface area contributed by atoms with Gasteiger partial charge in [-0.3, -0.25) is 4.79 Å². The second kappa shape index (κ2) is 6.37. The first-order valence-corrected chi connectivity index (χ1v) is 8.54. The fraction of sp³-hybridized carbons (Fsp3) is 0.444. The summed E-state index contributed by atoms with van der Waals surface area (Å²) in [4.78, 5) is 12.6. The van der Waals surface area contributed by atoms with E-state index in [1.165, 1.54) is 0 Å². The van der Waals surface area contributed by atoms with Crippen LogP contribution in [0.5, 0.6) is 0 Å². The topological polar surface area (TPSA) is 79.2 Å². The molecule has 2 unspecified atom stereocenters. The molecule has 2 fully saturated rings. The molecule has 0 radical (unpaired) electrons. The summed E-state index contributed by atoms with van der Waals surface area (Å²) in [6.45, 7) is 1.81. The van der Waals surface area contributed by atoms with Crippen molar-refractivity contribution >= 4 is 5.91 Å². The van der Waals surface area contributed by atoms with Gasteiger partial charge in [0.05, 0.1) is 29.2 Å². The number of carbonyl (C=O) groups excluding carboxylic acids is 1. The van der Waals surface area contributed by atoms with Gasteiger partial charge in [0.1, 0.15) is 0 Å². The van der Waals surface area contributed by atoms with Gasteiger partial charge in [-0.05, 0) is 25.0 Å². The first-order chi connectivity index (χ1) is 11.7. The van der Waals surface area contributed by atoms with E-state index in [0.29, 0.717) is 24.6 Å². The van der Waals surface area contributed by atoms with E-state index in [-0.39, 0.29) is 17.9 Å². The van der Waals surface area contributed by atoms with Crippen LogP contribution in [0, 0.1) is 5.92 Å². The highest BCUT2D eigenvalue weighted by Gasteiger charge is 2.33. The average Bonchev–Trinajstić information content (AvgIpc) is 3.21. The highest BCUT2D eigenvalue weighted by molar-refractivity contribution is 5.95. The molecule has 1 saturated carbocycles. The van der Waals surface area contributed by atoms with Crippen molar-refractivity contribution in [3.05, 3.63) is 47.8 Å². The molecule has 1 saturated heterocycles. The van der Waals surface area contributed by atoms with Gasteiger partial charge in [-0.25, -0.2) is 4.68 Å². The molecule has 2 aromatic rings. The van der Waals surface area contributed by atoms with Gasteiger partial charge >= 0.3 is 0 Å². The van der Waals surface area contributed by atoms with E-state index in [1.54, 1.807) is 6.20 Å². The Kier molecular flexibility index (Phi) is 4.08. The van der Waals surface area contributed by atoms with E-state index in [0.717, 1.165) is 30.8 Å². The summed E-state index contributed by atoms with van der Waals surface area (Å²) in [5.41, 5.74) is 2.64. The standard InChI is InChI=1S/C18H22N4O2/c23-16-11-19-8-13(16)9-20-18(24)15-10-21-22(17(15)12-6-7-12)14-4-2-1-3-5-14/h1-5,10,12-13,16,19,23H,6-9,11H2,(H,20,24). The first kappa shape index (κ1) is 15.4. The molecule has 2 atom stereocenters. The zero-order chi connectivity index (χ0) is 16.5. The van der Waals surface area contributed by atoms with Crippen LogP contribution in [0.4, 0.5) is 0 Å². The summed E-state index contributed by atoms with van der Waals surface area (Å²) >= 11 is 0. The summed E-state index contributed by atoms with van der Waals surface area (Å²) in [6, 6.07) is 9.92. The molecule has 4 rings (SSSR count). The number of benzene rings is 1. The second-order valence-electron chi connectivity index (χ2n) is 6.66. The maximum Gasteiger partial charge on any atom is 0.254 e. The molecular formula is C18H22N4O2. The number of amides is 1. The van der Waals surface area contributed by atoms with Crippen LogP contribution in [-0.2, 0) is 0 Å². The summed E-state index contributed by atoms with van der Waals surface area (Å²) in [5.74, 6) is 0.382. The Morgan fingerprint density at radius 1 is 1.29 bits per heavy atom. The van der Waals surface area contributed by atoms with Crippen molar-refractivity contribution in [3.8, 4) is 5.69 Å². The van der Waals surface area contributed by atoms with Gasteiger partial charge in [-0.15, -0.1) is 0 Å². The van der Waals surface area contributed by atoms with E-state index in [4.69, 9.17) is 0 Å². The number of nitrogens with one attached hydrogen (secondary N) is 2. The maximum absolute atomic E-state index is 12.6. The molecule has 1 aliphatic heterocycles. The fourth-order valence-corrected chi connectivity index (χ4v) is 3.30. The van der Waals surface area contributed by atoms with E-state index >= 15 is 0 Å². The van der Waals surface area contributed by atoms with Crippen LogP contribution < -0.4 is 10.6 Å². The zero-order valence-electron chi connectivity index (χ0n) is 13.5. The average molecular weight is 326 g/mol. The minimum absolute atomic E-state index is 0.0718. The van der Waals surface area contributed by atoms with Crippen molar-refractivity contribution in [1.29, 1.82) is 0 Å². The Balaban J connectivity index is 1.54. The van der Waals surface area contributed by atoms with Crippen LogP contribution in [0.15, 0.2) is 36.5 Å². The number of hydrogen-bond donors (Lipinski definition) is 3. The molecule has 1 aliphatic carbocycles. The van der Waals surface area contributed by atoms with Crippen molar-refractivity contribution in [1.82, 2.24) is 20.4 Å². The third kappa shape index (κ3) is 2.95. The summed E-state index contributed by atoms with van der Waals surface area (Å²) in [6.07, 6.45) is 3.48. The summed E-state index contributed by atoms with van der Waals surface area (Å²) in [7, 11) is 0. The second-order valence-corrected chi connectivity index (χ2v) is 6.66. The molecule has 6 heteroatoms. The van der Waals surface area contributed by atoms with Gasteiger partial charge in [-0.2, -0.15) is 5.10 Å². The minimum atomic E-state index is -0.389. The van der Waals surface area contributed by atoms with Gasteiger partial charge in [0.2, 0.25) is 0 Å². The number of carbonyl (C=O) groups is 1. The Morgan fingerprint density at radius 2 is 2.08 bits per heavy atom. The van der Waals surface area contributed by atoms with Crippen molar-refractivity contribution in [2.24, 2.45) is 5.92 Å². The number of hydrogen-bond acceptors (Lipinski definition) is 4. The van der Waals surface area contributed by atoms with Crippen LogP contribution in [0.2, 0.25) is 0 Å². The number of β-amino-alcohol motifs (C(OH)–C–C–N with tert-alkyl or cyclic N) is 1. The van der Waals surface area contributed by atoms with Gasteiger partial charge in [-0.1, -0.05) is 18.2 Å². The first-order valence-electron chi connectivity index (χ1n) is 8.54. The van der Waals surface area contributed by atoms with Gasteiger partial charge in [0.15, 0.2) is 0 Å². The fourth-order valence-electron chi connectivity index (χ4n) is 3.30. The number of aromatic nitrogens is 2. The summed E-state index contributed by atoms with van der Waals surface area (Å²) < 4.78 is 1.89. The van der Waals surface area contributed by atoms with Gasteiger partial charge in [0.25, 0.3) is 5.91 Å². The minimum Gasteiger partial charge on any atom is -0.391 e. The molecule has 126 valence electrons. The molecule has 0 bridgehead atoms. The smallest absolute Gasteiger partial charge is 0.254 e. The molecule has 24 heavy (non-hydrogen) atoms. The van der Waals surface area contributed by atoms with Crippen LogP contribution in [0.1, 0.15) is 34.8 Å². The Bertz CT molecular complexity index is 724. The third-order valence-corrected chi connectivity index (χ3v) is 4.84. The summed E-state index contributed by atoms with van der Waals surface area (Å²) in [5, 5.41) is 20.4. The molecule has 1 aromatic carbocycles. The molecule has 3 N–H and O–H groups in total. The Hall–Kier alpha value is -2.18. The van der Waals surface area contributed by atoms with Gasteiger partial charge in [0, 0.05) is 31.5 Å². The largest absolute Gasteiger partial charge is 0.391 e. The number of aliphatic hydroxyl groups is 1. The lowest BCUT2D eigenvalue weighted by Crippen LogP contribution is -2.34. The normalized spacial score (nSPS) is 23.4. The van der Waals surface area contributed by atoms with Crippen molar-refractivity contribution in [3.63, 3.8) is 0 Å². The lowest BCUT2D eigenvalue weighted by molar-refractivity contribution is 0.0926. The Labute approximate surface area is 140 Å². The van der Waals surface area contributed by atoms with Crippen LogP contribution in [0.3, 0.4) is 0 Å². The monoisotopic (exact) mass is 326 g/mol. The molecule has 2 aliphatic rings. The Morgan fingerprint density at radius 3 is 2.75 bits per heavy atom. The van der Waals surface area contributed by atoms with Crippen molar-refractivity contribution in [2.75, 3.05) is 19.6 Å². The van der Waals surface area contributed by atoms with E-state index < -0.39 is 0 Å². The number of rotatable bonds is 5. The third-order valence-electron chi connectivity index (χ3n) is 4.84. The number of para-hydroxylation sites is 1. The highest BCUT2D eigenvalue weighted by Crippen LogP contribution is 2.42. The molecule has 1 amide bonds. The molecule has 2 heterocycles. The number of aliphatic hydroxyl groups excluding tert-OH is 1. The lowest BCUT2D eigenvalue weighted by atomic mass is 10.1. The lowest BCUT2D eigenvalue weighted by Gasteiger charge is -2.14. The molecule has 1 aromatic heterocycles. The van der Waals surface area contributed by atoms with E-state index in [2.05, 4.69) is 15.7 Å². The van der Waals surface area contributed by atoms with Crippen LogP contribution in [-0.4, -0.2) is 46.5 Å². The quantitative estimate of drug-likeness (QED) is 0.768. The molecule has 0 spiro atoms. The maximum atomic E-state index is 12.6. The van der Waals surface area contributed by atoms with Crippen LogP contribution in [0.25, 0.3) is 5.69 Å². The molecular weight excluding hydrogens is 304 g/mol. The molecule has 6 nitrogen and oxygen atoms in total. The van der Waals surface area contributed by atoms with E-state index in [9.17, 15) is 9.90 Å². The predicted molar refractivity (Wildman–Crippen MR) is 90.2 cm³/mol. The zero-order valence-corrected chi connectivity index (χ0v) is 13.5. The number of nitrogens with zero attached hydrogens (tertiary/aromatic N) is 2. The van der Waals surface area contributed by atoms with Crippen molar-refractivity contribution in [2.45, 2.75) is 24.9 Å².